The summed E-state index contributed by atoms with van der Waals surface area (Å²) in [6.07, 6.45) is 0. The number of halogens is 4. The third kappa shape index (κ3) is 3.53. The molecule has 0 fully saturated rings. The third-order valence-electron chi connectivity index (χ3n) is 2.72. The van der Waals surface area contributed by atoms with E-state index in [-0.39, 0.29) is 11.9 Å². The van der Waals surface area contributed by atoms with Crippen molar-refractivity contribution in [3.05, 3.63) is 62.8 Å². The first-order valence-corrected chi connectivity index (χ1v) is 6.77. The molecule has 0 aliphatic carbocycles. The van der Waals surface area contributed by atoms with E-state index in [0.29, 0.717) is 20.8 Å². The molecule has 19 heavy (non-hydrogen) atoms. The number of nitrogens with one attached hydrogen (secondary N) is 1. The second kappa shape index (κ2) is 6.00. The van der Waals surface area contributed by atoms with Gasteiger partial charge in [-0.2, -0.15) is 0 Å². The van der Waals surface area contributed by atoms with Crippen LogP contribution in [-0.2, 0) is 0 Å². The fourth-order valence-electron chi connectivity index (χ4n) is 1.77. The van der Waals surface area contributed by atoms with Crippen LogP contribution >= 0.6 is 34.8 Å². The average molecular weight is 319 g/mol. The van der Waals surface area contributed by atoms with Gasteiger partial charge >= 0.3 is 0 Å². The molecule has 0 heterocycles. The summed E-state index contributed by atoms with van der Waals surface area (Å²) in [7, 11) is 0. The molecule has 0 spiro atoms. The van der Waals surface area contributed by atoms with Gasteiger partial charge in [0.05, 0.1) is 16.8 Å². The number of rotatable bonds is 3. The first-order valence-electron chi connectivity index (χ1n) is 5.64. The summed E-state index contributed by atoms with van der Waals surface area (Å²) in [5.74, 6) is -0.351. The molecular formula is C14H11Cl3FN. The van der Waals surface area contributed by atoms with Gasteiger partial charge in [0.1, 0.15) is 5.82 Å². The lowest BCUT2D eigenvalue weighted by molar-refractivity contribution is 0.628. The van der Waals surface area contributed by atoms with Gasteiger partial charge in [0, 0.05) is 10.0 Å². The van der Waals surface area contributed by atoms with Crippen LogP contribution in [0.2, 0.25) is 15.1 Å². The van der Waals surface area contributed by atoms with Gasteiger partial charge in [0.25, 0.3) is 0 Å². The Kier molecular flexibility index (Phi) is 4.56. The molecule has 2 aromatic rings. The summed E-state index contributed by atoms with van der Waals surface area (Å²) in [6.45, 7) is 1.90. The Morgan fingerprint density at radius 2 is 1.68 bits per heavy atom. The van der Waals surface area contributed by atoms with Crippen LogP contribution in [-0.4, -0.2) is 0 Å². The zero-order valence-corrected chi connectivity index (χ0v) is 12.3. The molecule has 1 unspecified atom stereocenters. The maximum absolute atomic E-state index is 13.2. The van der Waals surface area contributed by atoms with Crippen LogP contribution < -0.4 is 5.32 Å². The molecule has 0 aliphatic rings. The van der Waals surface area contributed by atoms with Crippen LogP contribution in [0.3, 0.4) is 0 Å². The molecule has 0 bridgehead atoms. The zero-order valence-electron chi connectivity index (χ0n) is 10.1. The Balaban J connectivity index is 2.27. The Morgan fingerprint density at radius 3 is 2.42 bits per heavy atom. The van der Waals surface area contributed by atoms with E-state index < -0.39 is 0 Å². The quantitative estimate of drug-likeness (QED) is 0.736. The van der Waals surface area contributed by atoms with Crippen molar-refractivity contribution in [1.29, 1.82) is 0 Å². The van der Waals surface area contributed by atoms with Crippen molar-refractivity contribution in [2.75, 3.05) is 5.32 Å². The molecule has 5 heteroatoms. The van der Waals surface area contributed by atoms with Crippen LogP contribution in [0.1, 0.15) is 18.5 Å². The topological polar surface area (TPSA) is 12.0 Å². The Morgan fingerprint density at radius 1 is 1.00 bits per heavy atom. The van der Waals surface area contributed by atoms with E-state index in [0.717, 1.165) is 5.56 Å². The van der Waals surface area contributed by atoms with Crippen molar-refractivity contribution in [3.63, 3.8) is 0 Å². The molecule has 100 valence electrons. The summed E-state index contributed by atoms with van der Waals surface area (Å²) >= 11 is 18.1. The van der Waals surface area contributed by atoms with Crippen LogP contribution in [0.15, 0.2) is 36.4 Å². The SMILES string of the molecule is CC(Nc1cc(F)ccc1Cl)c1cc(Cl)ccc1Cl. The molecule has 0 saturated heterocycles. The van der Waals surface area contributed by atoms with E-state index in [1.165, 1.54) is 18.2 Å². The van der Waals surface area contributed by atoms with E-state index in [1.807, 2.05) is 6.92 Å². The minimum atomic E-state index is -0.351. The van der Waals surface area contributed by atoms with Crippen LogP contribution in [0.25, 0.3) is 0 Å². The Bertz CT molecular complexity index is 601. The van der Waals surface area contributed by atoms with Crippen LogP contribution in [0.5, 0.6) is 0 Å². The van der Waals surface area contributed by atoms with Gasteiger partial charge in [-0.05, 0) is 48.9 Å². The van der Waals surface area contributed by atoms with Crippen molar-refractivity contribution < 1.29 is 4.39 Å². The van der Waals surface area contributed by atoms with Crippen molar-refractivity contribution in [2.45, 2.75) is 13.0 Å². The largest absolute Gasteiger partial charge is 0.377 e. The highest BCUT2D eigenvalue weighted by molar-refractivity contribution is 6.34. The van der Waals surface area contributed by atoms with Gasteiger partial charge < -0.3 is 5.32 Å². The minimum Gasteiger partial charge on any atom is -0.377 e. The number of benzene rings is 2. The van der Waals surface area contributed by atoms with E-state index in [2.05, 4.69) is 5.32 Å². The van der Waals surface area contributed by atoms with Crippen LogP contribution in [0, 0.1) is 5.82 Å². The van der Waals surface area contributed by atoms with Crippen LogP contribution in [0.4, 0.5) is 10.1 Å². The molecule has 1 nitrogen and oxygen atoms in total. The van der Waals surface area contributed by atoms with Gasteiger partial charge in [0.15, 0.2) is 0 Å². The second-order valence-electron chi connectivity index (χ2n) is 4.16. The third-order valence-corrected chi connectivity index (χ3v) is 3.63. The predicted octanol–water partition coefficient (Wildman–Crippen LogP) is 5.96. The lowest BCUT2D eigenvalue weighted by Crippen LogP contribution is -2.08. The highest BCUT2D eigenvalue weighted by Crippen LogP contribution is 2.31. The lowest BCUT2D eigenvalue weighted by atomic mass is 10.1. The van der Waals surface area contributed by atoms with Crippen molar-refractivity contribution in [1.82, 2.24) is 0 Å². The first kappa shape index (κ1) is 14.4. The first-order chi connectivity index (χ1) is 8.97. The molecule has 2 rings (SSSR count). The maximum atomic E-state index is 13.2. The average Bonchev–Trinajstić information content (AvgIpc) is 2.36. The highest BCUT2D eigenvalue weighted by atomic mass is 35.5. The molecular weight excluding hydrogens is 308 g/mol. The molecule has 0 aliphatic heterocycles. The normalized spacial score (nSPS) is 12.3. The van der Waals surface area contributed by atoms with E-state index in [9.17, 15) is 4.39 Å². The van der Waals surface area contributed by atoms with Gasteiger partial charge in [-0.15, -0.1) is 0 Å². The summed E-state index contributed by atoms with van der Waals surface area (Å²) in [5.41, 5.74) is 1.35. The van der Waals surface area contributed by atoms with Gasteiger partial charge in [-0.3, -0.25) is 0 Å². The monoisotopic (exact) mass is 317 g/mol. The van der Waals surface area contributed by atoms with Crippen molar-refractivity contribution in [2.24, 2.45) is 0 Å². The molecule has 0 saturated carbocycles. The van der Waals surface area contributed by atoms with Crippen molar-refractivity contribution >= 4 is 40.5 Å². The Labute approximate surface area is 126 Å². The standard InChI is InChI=1S/C14H11Cl3FN/c1-8(11-6-9(15)2-4-12(11)16)19-14-7-10(18)3-5-13(14)17/h2-8,19H,1H3. The lowest BCUT2D eigenvalue weighted by Gasteiger charge is -2.18. The molecule has 0 amide bonds. The molecule has 0 aromatic heterocycles. The summed E-state index contributed by atoms with van der Waals surface area (Å²) in [4.78, 5) is 0. The van der Waals surface area contributed by atoms with Gasteiger partial charge in [-0.1, -0.05) is 34.8 Å². The highest BCUT2D eigenvalue weighted by Gasteiger charge is 2.12. The number of hydrogen-bond acceptors (Lipinski definition) is 1. The maximum Gasteiger partial charge on any atom is 0.125 e. The zero-order chi connectivity index (χ0) is 14.0. The summed E-state index contributed by atoms with van der Waals surface area (Å²) < 4.78 is 13.2. The second-order valence-corrected chi connectivity index (χ2v) is 5.41. The number of hydrogen-bond donors (Lipinski definition) is 1. The van der Waals surface area contributed by atoms with E-state index in [1.54, 1.807) is 18.2 Å². The number of anilines is 1. The van der Waals surface area contributed by atoms with E-state index in [4.69, 9.17) is 34.8 Å². The molecule has 0 radical (unpaired) electrons. The predicted molar refractivity (Wildman–Crippen MR) is 79.9 cm³/mol. The summed E-state index contributed by atoms with van der Waals surface area (Å²) in [5, 5.41) is 4.76. The van der Waals surface area contributed by atoms with E-state index >= 15 is 0 Å². The fraction of sp³-hybridized carbons (Fsp3) is 0.143. The molecule has 2 aromatic carbocycles. The Hall–Kier alpha value is -0.960. The van der Waals surface area contributed by atoms with Gasteiger partial charge in [-0.25, -0.2) is 4.39 Å². The smallest absolute Gasteiger partial charge is 0.125 e. The van der Waals surface area contributed by atoms with Gasteiger partial charge in [0.2, 0.25) is 0 Å². The molecule has 1 atom stereocenters. The fourth-order valence-corrected chi connectivity index (χ4v) is 2.40. The summed E-state index contributed by atoms with van der Waals surface area (Å²) in [6, 6.07) is 9.23. The molecule has 1 N–H and O–H groups in total. The van der Waals surface area contributed by atoms with Crippen molar-refractivity contribution in [3.8, 4) is 0 Å². The minimum absolute atomic E-state index is 0.148.